The highest BCUT2D eigenvalue weighted by Crippen LogP contribution is 2.37. The van der Waals surface area contributed by atoms with E-state index in [0.717, 1.165) is 12.1 Å². The molecule has 1 aliphatic heterocycles. The fraction of sp³-hybridized carbons (Fsp3) is 0.316. The van der Waals surface area contributed by atoms with Crippen molar-refractivity contribution < 1.29 is 13.9 Å². The highest BCUT2D eigenvalue weighted by atomic mass is 35.5. The summed E-state index contributed by atoms with van der Waals surface area (Å²) in [5.74, 6) is 0.193. The van der Waals surface area contributed by atoms with Crippen molar-refractivity contribution in [3.05, 3.63) is 64.4 Å². The van der Waals surface area contributed by atoms with Crippen LogP contribution in [0, 0.1) is 11.7 Å². The van der Waals surface area contributed by atoms with Crippen LogP contribution in [0.25, 0.3) is 0 Å². The number of methoxy groups -OCH3 is 1. The first-order chi connectivity index (χ1) is 11.5. The van der Waals surface area contributed by atoms with Crippen molar-refractivity contribution >= 4 is 17.4 Å². The molecule has 5 heteroatoms. The van der Waals surface area contributed by atoms with Crippen molar-refractivity contribution in [1.82, 2.24) is 4.90 Å². The van der Waals surface area contributed by atoms with Gasteiger partial charge in [0, 0.05) is 30.5 Å². The fourth-order valence-electron chi connectivity index (χ4n) is 3.35. The molecule has 0 N–H and O–H groups in total. The van der Waals surface area contributed by atoms with Crippen molar-refractivity contribution in [2.45, 2.75) is 5.92 Å². The summed E-state index contributed by atoms with van der Waals surface area (Å²) in [6.45, 7) is 1.45. The maximum absolute atomic E-state index is 13.1. The number of benzene rings is 2. The number of hydrogen-bond acceptors (Lipinski definition) is 3. The summed E-state index contributed by atoms with van der Waals surface area (Å²) in [5.41, 5.74) is 1.56. The van der Waals surface area contributed by atoms with Gasteiger partial charge in [-0.3, -0.25) is 4.79 Å². The average Bonchev–Trinajstić information content (AvgIpc) is 2.96. The van der Waals surface area contributed by atoms with Gasteiger partial charge in [-0.25, -0.2) is 4.39 Å². The smallest absolute Gasteiger partial charge is 0.167 e. The van der Waals surface area contributed by atoms with Crippen LogP contribution in [0.2, 0.25) is 5.02 Å². The number of likely N-dealkylation sites (N-methyl/N-ethyl adjacent to an activating group) is 1. The van der Waals surface area contributed by atoms with Crippen LogP contribution in [-0.4, -0.2) is 37.9 Å². The quantitative estimate of drug-likeness (QED) is 0.782. The summed E-state index contributed by atoms with van der Waals surface area (Å²) in [6, 6.07) is 11.4. The third-order valence-electron chi connectivity index (χ3n) is 4.57. The zero-order valence-electron chi connectivity index (χ0n) is 13.6. The molecular weight excluding hydrogens is 329 g/mol. The van der Waals surface area contributed by atoms with Gasteiger partial charge in [0.25, 0.3) is 0 Å². The van der Waals surface area contributed by atoms with Crippen LogP contribution in [0.3, 0.4) is 0 Å². The molecule has 0 aliphatic carbocycles. The van der Waals surface area contributed by atoms with Crippen LogP contribution in [0.5, 0.6) is 5.75 Å². The Hall–Kier alpha value is -1.91. The molecule has 2 atom stereocenters. The number of halogens is 2. The Labute approximate surface area is 146 Å². The maximum Gasteiger partial charge on any atom is 0.167 e. The lowest BCUT2D eigenvalue weighted by molar-refractivity contribution is 0.0915. The number of nitrogens with zero attached hydrogens (tertiary/aromatic N) is 1. The maximum atomic E-state index is 13.1. The topological polar surface area (TPSA) is 29.5 Å². The second-order valence-corrected chi connectivity index (χ2v) is 6.61. The van der Waals surface area contributed by atoms with Crippen molar-refractivity contribution in [3.63, 3.8) is 0 Å². The normalized spacial score (nSPS) is 21.0. The van der Waals surface area contributed by atoms with Crippen LogP contribution in [-0.2, 0) is 0 Å². The molecule has 2 aromatic rings. The van der Waals surface area contributed by atoms with Crippen LogP contribution >= 0.6 is 11.6 Å². The molecule has 1 fully saturated rings. The molecular formula is C19H19ClFNO2. The summed E-state index contributed by atoms with van der Waals surface area (Å²) in [6.07, 6.45) is 0. The first-order valence-corrected chi connectivity index (χ1v) is 8.19. The summed E-state index contributed by atoms with van der Waals surface area (Å²) >= 11 is 6.24. The standard InChI is InChI=1S/C19H19ClFNO2/c1-22-10-15(13-5-8-18(24-2)17(20)9-13)16(11-22)19(23)12-3-6-14(21)7-4-12/h3-9,15-16H,10-11H2,1-2H3/t15-,16-/m1/s1. The van der Waals surface area contributed by atoms with Crippen LogP contribution in [0.4, 0.5) is 4.39 Å². The molecule has 0 saturated carbocycles. The molecule has 1 saturated heterocycles. The van der Waals surface area contributed by atoms with E-state index in [0.29, 0.717) is 22.9 Å². The number of carbonyl (C=O) groups excluding carboxylic acids is 1. The molecule has 24 heavy (non-hydrogen) atoms. The molecule has 1 aliphatic rings. The van der Waals surface area contributed by atoms with Gasteiger partial charge in [0.05, 0.1) is 12.1 Å². The molecule has 0 aromatic heterocycles. The van der Waals surface area contributed by atoms with E-state index in [2.05, 4.69) is 4.90 Å². The molecule has 0 bridgehead atoms. The van der Waals surface area contributed by atoms with Gasteiger partial charge in [0.2, 0.25) is 0 Å². The first kappa shape index (κ1) is 16.9. The third kappa shape index (κ3) is 3.30. The van der Waals surface area contributed by atoms with Gasteiger partial charge in [-0.05, 0) is 49.0 Å². The highest BCUT2D eigenvalue weighted by Gasteiger charge is 2.37. The lowest BCUT2D eigenvalue weighted by Gasteiger charge is -2.19. The number of hydrogen-bond donors (Lipinski definition) is 0. The highest BCUT2D eigenvalue weighted by molar-refractivity contribution is 6.32. The van der Waals surface area contributed by atoms with Crippen LogP contribution in [0.15, 0.2) is 42.5 Å². The monoisotopic (exact) mass is 347 g/mol. The molecule has 1 heterocycles. The predicted octanol–water partition coefficient (Wildman–Crippen LogP) is 4.02. The SMILES string of the molecule is COc1ccc([C@H]2CN(C)C[C@H]2C(=O)c2ccc(F)cc2)cc1Cl. The Morgan fingerprint density at radius 3 is 2.54 bits per heavy atom. The van der Waals surface area contributed by atoms with E-state index in [1.165, 1.54) is 12.1 Å². The Bertz CT molecular complexity index is 748. The second-order valence-electron chi connectivity index (χ2n) is 6.20. The number of ether oxygens (including phenoxy) is 1. The van der Waals surface area contributed by atoms with Gasteiger partial charge < -0.3 is 9.64 Å². The lowest BCUT2D eigenvalue weighted by Crippen LogP contribution is -2.22. The molecule has 0 unspecified atom stereocenters. The van der Waals surface area contributed by atoms with Crippen molar-refractivity contribution in [3.8, 4) is 5.75 Å². The fourth-order valence-corrected chi connectivity index (χ4v) is 3.61. The Balaban J connectivity index is 1.90. The molecule has 0 radical (unpaired) electrons. The van der Waals surface area contributed by atoms with E-state index >= 15 is 0 Å². The second kappa shape index (κ2) is 6.91. The van der Waals surface area contributed by atoms with Crippen molar-refractivity contribution in [2.24, 2.45) is 5.92 Å². The number of rotatable bonds is 4. The summed E-state index contributed by atoms with van der Waals surface area (Å²) in [5, 5.41) is 0.539. The molecule has 3 nitrogen and oxygen atoms in total. The number of Topliss-reactive ketones (excluding diaryl/α,β-unsaturated/α-hetero) is 1. The van der Waals surface area contributed by atoms with Gasteiger partial charge in [-0.15, -0.1) is 0 Å². The summed E-state index contributed by atoms with van der Waals surface area (Å²) < 4.78 is 18.3. The van der Waals surface area contributed by atoms with Gasteiger partial charge in [0.15, 0.2) is 5.78 Å². The first-order valence-electron chi connectivity index (χ1n) is 7.81. The molecule has 3 rings (SSSR count). The average molecular weight is 348 g/mol. The molecule has 0 spiro atoms. The van der Waals surface area contributed by atoms with Gasteiger partial charge >= 0.3 is 0 Å². The number of likely N-dealkylation sites (tertiary alicyclic amines) is 1. The van der Waals surface area contributed by atoms with E-state index in [9.17, 15) is 9.18 Å². The minimum absolute atomic E-state index is 0.0382. The van der Waals surface area contributed by atoms with E-state index in [1.54, 1.807) is 19.2 Å². The Kier molecular flexibility index (Phi) is 4.88. The number of carbonyl (C=O) groups is 1. The Morgan fingerprint density at radius 1 is 1.21 bits per heavy atom. The molecule has 2 aromatic carbocycles. The van der Waals surface area contributed by atoms with Gasteiger partial charge in [-0.1, -0.05) is 17.7 Å². The largest absolute Gasteiger partial charge is 0.495 e. The van der Waals surface area contributed by atoms with Crippen molar-refractivity contribution in [1.29, 1.82) is 0 Å². The number of ketones is 1. The zero-order chi connectivity index (χ0) is 17.3. The van der Waals surface area contributed by atoms with Crippen LogP contribution < -0.4 is 4.74 Å². The lowest BCUT2D eigenvalue weighted by atomic mass is 9.84. The summed E-state index contributed by atoms with van der Waals surface area (Å²) in [4.78, 5) is 15.0. The third-order valence-corrected chi connectivity index (χ3v) is 4.87. The predicted molar refractivity (Wildman–Crippen MR) is 92.5 cm³/mol. The van der Waals surface area contributed by atoms with E-state index in [1.807, 2.05) is 25.2 Å². The van der Waals surface area contributed by atoms with Crippen LogP contribution in [0.1, 0.15) is 21.8 Å². The van der Waals surface area contributed by atoms with Crippen molar-refractivity contribution in [2.75, 3.05) is 27.2 Å². The van der Waals surface area contributed by atoms with E-state index < -0.39 is 0 Å². The molecule has 0 amide bonds. The Morgan fingerprint density at radius 2 is 1.92 bits per heavy atom. The minimum atomic E-state index is -0.339. The van der Waals surface area contributed by atoms with E-state index in [-0.39, 0.29) is 23.4 Å². The van der Waals surface area contributed by atoms with Gasteiger partial charge in [-0.2, -0.15) is 0 Å². The summed E-state index contributed by atoms with van der Waals surface area (Å²) in [7, 11) is 3.57. The zero-order valence-corrected chi connectivity index (χ0v) is 14.4. The minimum Gasteiger partial charge on any atom is -0.495 e. The van der Waals surface area contributed by atoms with Gasteiger partial charge in [0.1, 0.15) is 11.6 Å². The molecule has 126 valence electrons. The van der Waals surface area contributed by atoms with E-state index in [4.69, 9.17) is 16.3 Å².